The first-order chi connectivity index (χ1) is 29.6. The van der Waals surface area contributed by atoms with Gasteiger partial charge in [-0.25, -0.2) is 4.79 Å². The summed E-state index contributed by atoms with van der Waals surface area (Å²) in [6.45, 7) is 4.56. The first-order valence-electron chi connectivity index (χ1n) is 24.2. The van der Waals surface area contributed by atoms with E-state index in [-0.39, 0.29) is 36.2 Å². The minimum absolute atomic E-state index is 0.0436. The molecule has 8 heteroatoms. The van der Waals surface area contributed by atoms with E-state index in [2.05, 4.69) is 98.9 Å². The van der Waals surface area contributed by atoms with E-state index in [0.29, 0.717) is 19.3 Å². The van der Waals surface area contributed by atoms with Gasteiger partial charge in [-0.3, -0.25) is 9.59 Å². The van der Waals surface area contributed by atoms with Crippen LogP contribution in [0.3, 0.4) is 0 Å². The average molecular weight is 853 g/mol. The van der Waals surface area contributed by atoms with Gasteiger partial charge in [-0.15, -0.1) is 0 Å². The third kappa shape index (κ3) is 41.6. The highest BCUT2D eigenvalue weighted by molar-refractivity contribution is 5.72. The van der Waals surface area contributed by atoms with Crippen molar-refractivity contribution in [3.63, 3.8) is 0 Å². The number of aliphatic carboxylic acids is 1. The van der Waals surface area contributed by atoms with Gasteiger partial charge in [0.2, 0.25) is 0 Å². The Labute approximate surface area is 373 Å². The highest BCUT2D eigenvalue weighted by Crippen LogP contribution is 2.13. The van der Waals surface area contributed by atoms with Gasteiger partial charge in [-0.2, -0.15) is 0 Å². The topological polar surface area (TPSA) is 99.1 Å². The molecule has 0 radical (unpaired) electrons. The number of ether oxygens (including phenoxy) is 3. The number of allylic oxidation sites excluding steroid dienone is 14. The first kappa shape index (κ1) is 57.5. The van der Waals surface area contributed by atoms with Crippen LogP contribution in [0.5, 0.6) is 0 Å². The summed E-state index contributed by atoms with van der Waals surface area (Å²) in [5, 5.41) is 9.64. The van der Waals surface area contributed by atoms with E-state index in [0.717, 1.165) is 103 Å². The average Bonchev–Trinajstić information content (AvgIpc) is 3.22. The highest BCUT2D eigenvalue weighted by Gasteiger charge is 2.31. The third-order valence-corrected chi connectivity index (χ3v) is 10.3. The Balaban J connectivity index is 4.38. The molecule has 0 aliphatic rings. The number of quaternary nitrogens is 1. The molecule has 8 nitrogen and oxygen atoms in total. The van der Waals surface area contributed by atoms with Crippen LogP contribution in [-0.4, -0.2) is 80.6 Å². The van der Waals surface area contributed by atoms with Gasteiger partial charge in [0.25, 0.3) is 0 Å². The van der Waals surface area contributed by atoms with Crippen molar-refractivity contribution in [3.05, 3.63) is 85.1 Å². The number of rotatable bonds is 42. The molecule has 1 N–H and O–H groups in total. The molecule has 2 atom stereocenters. The Morgan fingerprint density at radius 3 is 1.49 bits per heavy atom. The minimum Gasteiger partial charge on any atom is -0.477 e. The third-order valence-electron chi connectivity index (χ3n) is 10.3. The molecular weight excluding hydrogens is 763 g/mol. The van der Waals surface area contributed by atoms with Crippen LogP contribution in [-0.2, 0) is 28.6 Å². The second-order valence-electron chi connectivity index (χ2n) is 17.0. The van der Waals surface area contributed by atoms with Crippen LogP contribution in [0.2, 0.25) is 0 Å². The number of nitrogens with zero attached hydrogens (tertiary/aromatic N) is 1. The SMILES string of the molecule is CC/C=C/C/C=C/C/C=C/C/C=C/CCCCCCCCC(=O)OC(COCCC(C(=O)O)[N+](C)(C)C)COC(=O)CCCCCCC/C=C/C=C/C=C/CCCCCCC. The number of carboxylic acid groups (broad SMARTS) is 1. The van der Waals surface area contributed by atoms with Crippen LogP contribution in [0, 0.1) is 0 Å². The van der Waals surface area contributed by atoms with Crippen LogP contribution in [0.15, 0.2) is 85.1 Å². The smallest absolute Gasteiger partial charge is 0.362 e. The van der Waals surface area contributed by atoms with Crippen molar-refractivity contribution in [3.8, 4) is 0 Å². The van der Waals surface area contributed by atoms with Crippen molar-refractivity contribution in [1.82, 2.24) is 0 Å². The van der Waals surface area contributed by atoms with E-state index in [1.165, 1.54) is 44.9 Å². The van der Waals surface area contributed by atoms with E-state index in [1.807, 2.05) is 21.1 Å². The van der Waals surface area contributed by atoms with E-state index in [9.17, 15) is 19.5 Å². The summed E-state index contributed by atoms with van der Waals surface area (Å²) >= 11 is 0. The molecule has 0 aliphatic heterocycles. The van der Waals surface area contributed by atoms with Gasteiger partial charge in [-0.05, 0) is 77.0 Å². The summed E-state index contributed by atoms with van der Waals surface area (Å²) in [6, 6.07) is -0.626. The quantitative estimate of drug-likeness (QED) is 0.0215. The molecule has 0 aromatic rings. The largest absolute Gasteiger partial charge is 0.477 e. The Bertz CT molecular complexity index is 1270. The van der Waals surface area contributed by atoms with E-state index < -0.39 is 18.1 Å². The zero-order chi connectivity index (χ0) is 44.9. The van der Waals surface area contributed by atoms with Crippen LogP contribution >= 0.6 is 0 Å². The molecule has 0 saturated carbocycles. The van der Waals surface area contributed by atoms with Crippen molar-refractivity contribution < 1.29 is 38.2 Å². The predicted molar refractivity (Wildman–Crippen MR) is 256 cm³/mol. The lowest BCUT2D eigenvalue weighted by Crippen LogP contribution is -2.50. The molecule has 0 aliphatic carbocycles. The van der Waals surface area contributed by atoms with Gasteiger partial charge in [0, 0.05) is 19.3 Å². The van der Waals surface area contributed by atoms with Gasteiger partial charge in [0.05, 0.1) is 34.4 Å². The Morgan fingerprint density at radius 2 is 0.984 bits per heavy atom. The number of likely N-dealkylation sites (N-methyl/N-ethyl adjacent to an activating group) is 1. The number of carboxylic acids is 1. The summed E-state index contributed by atoms with van der Waals surface area (Å²) < 4.78 is 17.3. The number of unbranched alkanes of at least 4 members (excludes halogenated alkanes) is 16. The normalized spacial score (nSPS) is 13.7. The molecule has 0 aromatic heterocycles. The Hall–Kier alpha value is -3.49. The molecule has 348 valence electrons. The lowest BCUT2D eigenvalue weighted by atomic mass is 10.1. The molecule has 2 unspecified atom stereocenters. The molecular formula is C53H90NO7+. The summed E-state index contributed by atoms with van der Waals surface area (Å²) in [4.78, 5) is 37.1. The molecule has 0 fully saturated rings. The fraction of sp³-hybridized carbons (Fsp3) is 0.679. The van der Waals surface area contributed by atoms with Crippen molar-refractivity contribution in [1.29, 1.82) is 0 Å². The molecule has 0 saturated heterocycles. The van der Waals surface area contributed by atoms with Gasteiger partial charge >= 0.3 is 17.9 Å². The Kier molecular flexibility index (Phi) is 40.7. The van der Waals surface area contributed by atoms with Gasteiger partial charge in [0.1, 0.15) is 6.61 Å². The monoisotopic (exact) mass is 853 g/mol. The molecule has 0 heterocycles. The minimum atomic E-state index is -0.884. The molecule has 0 aromatic carbocycles. The van der Waals surface area contributed by atoms with Crippen molar-refractivity contribution in [2.45, 2.75) is 193 Å². The molecule has 61 heavy (non-hydrogen) atoms. The predicted octanol–water partition coefficient (Wildman–Crippen LogP) is 13.7. The summed E-state index contributed by atoms with van der Waals surface area (Å²) in [5.74, 6) is -1.52. The van der Waals surface area contributed by atoms with Crippen molar-refractivity contribution in [2.24, 2.45) is 0 Å². The number of carbonyl (C=O) groups excluding carboxylic acids is 2. The Morgan fingerprint density at radius 1 is 0.525 bits per heavy atom. The summed E-state index contributed by atoms with van der Waals surface area (Å²) in [5.41, 5.74) is 0. The number of hydrogen-bond acceptors (Lipinski definition) is 6. The zero-order valence-electron chi connectivity index (χ0n) is 39.6. The van der Waals surface area contributed by atoms with Crippen LogP contribution in [0.4, 0.5) is 0 Å². The van der Waals surface area contributed by atoms with E-state index in [1.54, 1.807) is 0 Å². The van der Waals surface area contributed by atoms with Crippen LogP contribution < -0.4 is 0 Å². The fourth-order valence-electron chi connectivity index (χ4n) is 6.61. The van der Waals surface area contributed by atoms with Gasteiger partial charge < -0.3 is 23.8 Å². The van der Waals surface area contributed by atoms with Gasteiger partial charge in [-0.1, -0.05) is 170 Å². The number of esters is 2. The maximum absolute atomic E-state index is 12.8. The van der Waals surface area contributed by atoms with Crippen molar-refractivity contribution in [2.75, 3.05) is 41.0 Å². The standard InChI is InChI=1S/C53H89NO7/c1-6-8-10-12-14-16-18-20-22-24-26-28-30-32-34-36-38-40-42-44-52(56)61-49(47-59-46-45-50(53(57)58)54(3,4)5)48-60-51(55)43-41-39-37-35-33-31-29-27-25-23-21-19-17-15-13-11-9-7-2/h8,10,14,16,19-23,25-29,49-50H,6-7,9,11-13,15,17-18,24,30-48H2,1-5H3/p+1/b10-8+,16-14+,21-19+,22-20+,25-23+,28-26+,29-27+. The maximum Gasteiger partial charge on any atom is 0.362 e. The summed E-state index contributed by atoms with van der Waals surface area (Å²) in [7, 11) is 5.51. The van der Waals surface area contributed by atoms with E-state index >= 15 is 0 Å². The van der Waals surface area contributed by atoms with E-state index in [4.69, 9.17) is 14.2 Å². The first-order valence-corrected chi connectivity index (χ1v) is 24.2. The van der Waals surface area contributed by atoms with Crippen molar-refractivity contribution >= 4 is 17.9 Å². The molecule has 0 amide bonds. The molecule has 0 rings (SSSR count). The number of carbonyl (C=O) groups is 3. The highest BCUT2D eigenvalue weighted by atomic mass is 16.6. The molecule has 0 bridgehead atoms. The van der Waals surface area contributed by atoms with Crippen LogP contribution in [0.1, 0.15) is 181 Å². The van der Waals surface area contributed by atoms with Crippen LogP contribution in [0.25, 0.3) is 0 Å². The second-order valence-corrected chi connectivity index (χ2v) is 17.0. The molecule has 0 spiro atoms. The van der Waals surface area contributed by atoms with Gasteiger partial charge in [0.15, 0.2) is 12.1 Å². The maximum atomic E-state index is 12.8. The summed E-state index contributed by atoms with van der Waals surface area (Å²) in [6.07, 6.45) is 56.2. The lowest BCUT2D eigenvalue weighted by molar-refractivity contribution is -0.887. The number of hydrogen-bond donors (Lipinski definition) is 1. The second kappa shape index (κ2) is 43.2. The zero-order valence-corrected chi connectivity index (χ0v) is 39.6. The fourth-order valence-corrected chi connectivity index (χ4v) is 6.61. The lowest BCUT2D eigenvalue weighted by Gasteiger charge is -2.31.